The molecule has 0 aliphatic rings. The van der Waals surface area contributed by atoms with Crippen LogP contribution >= 0.6 is 0 Å². The molecule has 0 spiro atoms. The van der Waals surface area contributed by atoms with Crippen LogP contribution in [-0.4, -0.2) is 21.9 Å². The first-order valence-corrected chi connectivity index (χ1v) is 6.65. The Bertz CT molecular complexity index is 415. The van der Waals surface area contributed by atoms with E-state index in [-0.39, 0.29) is 0 Å². The minimum absolute atomic E-state index is 0.863. The predicted octanol–water partition coefficient (Wildman–Crippen LogP) is 2.79. The number of allylic oxidation sites excluding steroid dienone is 1. The number of aliphatic imine (C=N–C) groups is 1. The molecule has 0 bridgehead atoms. The molecule has 1 aromatic heterocycles. The number of amidine groups is 1. The van der Waals surface area contributed by atoms with E-state index in [2.05, 4.69) is 42.1 Å². The largest absolute Gasteiger partial charge is 0.368 e. The van der Waals surface area contributed by atoms with E-state index in [1.54, 1.807) is 0 Å². The summed E-state index contributed by atoms with van der Waals surface area (Å²) in [5.74, 6) is 0.863. The van der Waals surface area contributed by atoms with Crippen molar-refractivity contribution in [3.05, 3.63) is 30.0 Å². The Kier molecular flexibility index (Phi) is 6.19. The molecule has 0 aliphatic heterocycles. The number of nitrogens with zero attached hydrogens (tertiary/aromatic N) is 3. The number of imidazole rings is 1. The van der Waals surface area contributed by atoms with Crippen LogP contribution in [0.5, 0.6) is 0 Å². The highest BCUT2D eigenvalue weighted by molar-refractivity contribution is 5.98. The second-order valence-electron chi connectivity index (χ2n) is 4.37. The van der Waals surface area contributed by atoms with Crippen LogP contribution in [0.1, 0.15) is 44.5 Å². The lowest BCUT2D eigenvalue weighted by molar-refractivity contribution is 0.835. The zero-order valence-corrected chi connectivity index (χ0v) is 11.9. The van der Waals surface area contributed by atoms with Crippen molar-refractivity contribution < 1.29 is 0 Å². The van der Waals surface area contributed by atoms with Crippen molar-refractivity contribution in [1.82, 2.24) is 14.9 Å². The molecule has 0 saturated heterocycles. The van der Waals surface area contributed by atoms with Gasteiger partial charge in [0.15, 0.2) is 5.84 Å². The second-order valence-corrected chi connectivity index (χ2v) is 4.37. The van der Waals surface area contributed by atoms with E-state index in [9.17, 15) is 0 Å². The quantitative estimate of drug-likeness (QED) is 0.621. The summed E-state index contributed by atoms with van der Waals surface area (Å²) in [6, 6.07) is 0. The first-order chi connectivity index (χ1) is 8.70. The predicted molar refractivity (Wildman–Crippen MR) is 76.8 cm³/mol. The van der Waals surface area contributed by atoms with Crippen molar-refractivity contribution in [1.29, 1.82) is 0 Å². The Labute approximate surface area is 110 Å². The Balaban J connectivity index is 2.87. The van der Waals surface area contributed by atoms with Crippen molar-refractivity contribution in [3.8, 4) is 0 Å². The van der Waals surface area contributed by atoms with Gasteiger partial charge in [-0.25, -0.2) is 9.98 Å². The van der Waals surface area contributed by atoms with Crippen LogP contribution < -0.4 is 5.32 Å². The number of nitrogens with one attached hydrogen (secondary N) is 1. The Hall–Kier alpha value is -1.58. The molecule has 18 heavy (non-hydrogen) atoms. The van der Waals surface area contributed by atoms with E-state index in [4.69, 9.17) is 0 Å². The molecule has 4 heteroatoms. The third-order valence-electron chi connectivity index (χ3n) is 2.76. The van der Waals surface area contributed by atoms with E-state index < -0.39 is 0 Å². The van der Waals surface area contributed by atoms with Crippen molar-refractivity contribution in [2.45, 2.75) is 40.0 Å². The SMILES string of the molecule is CCC/C=C/N=C(/NCCC)c1ncn(C)c1C. The summed E-state index contributed by atoms with van der Waals surface area (Å²) >= 11 is 0. The Morgan fingerprint density at radius 2 is 2.22 bits per heavy atom. The summed E-state index contributed by atoms with van der Waals surface area (Å²) in [6.45, 7) is 7.27. The monoisotopic (exact) mass is 248 g/mol. The van der Waals surface area contributed by atoms with Gasteiger partial charge in [0.05, 0.1) is 6.33 Å². The van der Waals surface area contributed by atoms with Gasteiger partial charge in [-0.3, -0.25) is 0 Å². The van der Waals surface area contributed by atoms with Crippen molar-refractivity contribution in [3.63, 3.8) is 0 Å². The van der Waals surface area contributed by atoms with Gasteiger partial charge < -0.3 is 9.88 Å². The first-order valence-electron chi connectivity index (χ1n) is 6.65. The fourth-order valence-corrected chi connectivity index (χ4v) is 1.53. The van der Waals surface area contributed by atoms with Crippen molar-refractivity contribution in [2.75, 3.05) is 6.54 Å². The normalized spacial score (nSPS) is 12.3. The Morgan fingerprint density at radius 1 is 1.44 bits per heavy atom. The molecule has 0 atom stereocenters. The van der Waals surface area contributed by atoms with Gasteiger partial charge in [-0.2, -0.15) is 0 Å². The van der Waals surface area contributed by atoms with E-state index in [0.717, 1.165) is 43.0 Å². The molecule has 100 valence electrons. The van der Waals surface area contributed by atoms with Crippen LogP contribution in [0, 0.1) is 6.92 Å². The van der Waals surface area contributed by atoms with Gasteiger partial charge in [-0.15, -0.1) is 0 Å². The molecule has 0 amide bonds. The lowest BCUT2D eigenvalue weighted by Crippen LogP contribution is -2.26. The fourth-order valence-electron chi connectivity index (χ4n) is 1.53. The zero-order valence-electron chi connectivity index (χ0n) is 11.9. The van der Waals surface area contributed by atoms with Gasteiger partial charge in [0.25, 0.3) is 0 Å². The topological polar surface area (TPSA) is 42.2 Å². The second kappa shape index (κ2) is 7.69. The molecular weight excluding hydrogens is 224 g/mol. The minimum Gasteiger partial charge on any atom is -0.368 e. The molecule has 1 N–H and O–H groups in total. The summed E-state index contributed by atoms with van der Waals surface area (Å²) in [4.78, 5) is 8.90. The molecule has 0 unspecified atom stereocenters. The number of hydrogen-bond acceptors (Lipinski definition) is 2. The minimum atomic E-state index is 0.863. The molecule has 1 rings (SSSR count). The summed E-state index contributed by atoms with van der Waals surface area (Å²) in [6.07, 6.45) is 9.06. The molecule has 4 nitrogen and oxygen atoms in total. The molecule has 1 aromatic rings. The standard InChI is InChI=1S/C14H24N4/c1-5-7-8-10-16-14(15-9-6-2)13-12(3)18(4)11-17-13/h8,10-11H,5-7,9H2,1-4H3,(H,15,16)/b10-8+. The number of rotatable bonds is 6. The molecule has 1 heterocycles. The van der Waals surface area contributed by atoms with E-state index >= 15 is 0 Å². The molecule has 0 aliphatic carbocycles. The smallest absolute Gasteiger partial charge is 0.153 e. The van der Waals surface area contributed by atoms with Crippen LogP contribution in [0.4, 0.5) is 0 Å². The summed E-state index contributed by atoms with van der Waals surface area (Å²) in [5, 5.41) is 3.34. The highest BCUT2D eigenvalue weighted by Crippen LogP contribution is 2.05. The third-order valence-corrected chi connectivity index (χ3v) is 2.76. The zero-order chi connectivity index (χ0) is 13.4. The van der Waals surface area contributed by atoms with Crippen LogP contribution in [0.25, 0.3) is 0 Å². The lowest BCUT2D eigenvalue weighted by Gasteiger charge is -2.07. The maximum absolute atomic E-state index is 4.49. The summed E-state index contributed by atoms with van der Waals surface area (Å²) in [5.41, 5.74) is 2.06. The van der Waals surface area contributed by atoms with E-state index in [1.807, 2.05) is 24.1 Å². The van der Waals surface area contributed by atoms with E-state index in [1.165, 1.54) is 0 Å². The average molecular weight is 248 g/mol. The van der Waals surface area contributed by atoms with Gasteiger partial charge in [0, 0.05) is 25.5 Å². The van der Waals surface area contributed by atoms with Crippen LogP contribution in [0.3, 0.4) is 0 Å². The van der Waals surface area contributed by atoms with Crippen molar-refractivity contribution >= 4 is 5.84 Å². The summed E-state index contributed by atoms with van der Waals surface area (Å²) < 4.78 is 2.01. The number of aromatic nitrogens is 2. The van der Waals surface area contributed by atoms with Crippen LogP contribution in [-0.2, 0) is 7.05 Å². The molecule has 0 saturated carbocycles. The average Bonchev–Trinajstić information content (AvgIpc) is 2.70. The number of aryl methyl sites for hydroxylation is 1. The maximum Gasteiger partial charge on any atom is 0.153 e. The maximum atomic E-state index is 4.49. The van der Waals surface area contributed by atoms with Gasteiger partial charge in [0.2, 0.25) is 0 Å². The van der Waals surface area contributed by atoms with Gasteiger partial charge in [-0.1, -0.05) is 26.3 Å². The molecule has 0 fully saturated rings. The molecule has 0 aromatic carbocycles. The first kappa shape index (κ1) is 14.5. The van der Waals surface area contributed by atoms with Gasteiger partial charge >= 0.3 is 0 Å². The van der Waals surface area contributed by atoms with Crippen LogP contribution in [0.2, 0.25) is 0 Å². The van der Waals surface area contributed by atoms with E-state index in [0.29, 0.717) is 0 Å². The highest BCUT2D eigenvalue weighted by atomic mass is 15.1. The third kappa shape index (κ3) is 4.02. The van der Waals surface area contributed by atoms with Gasteiger partial charge in [0.1, 0.15) is 5.69 Å². The number of unbranched alkanes of at least 4 members (excludes halogenated alkanes) is 1. The molecule has 0 radical (unpaired) electrons. The lowest BCUT2D eigenvalue weighted by atomic mass is 10.3. The highest BCUT2D eigenvalue weighted by Gasteiger charge is 2.10. The summed E-state index contributed by atoms with van der Waals surface area (Å²) in [7, 11) is 2.00. The van der Waals surface area contributed by atoms with Gasteiger partial charge in [-0.05, 0) is 19.8 Å². The Morgan fingerprint density at radius 3 is 2.78 bits per heavy atom. The number of hydrogen-bond donors (Lipinski definition) is 1. The van der Waals surface area contributed by atoms with Crippen LogP contribution in [0.15, 0.2) is 23.6 Å². The van der Waals surface area contributed by atoms with Crippen molar-refractivity contribution in [2.24, 2.45) is 12.0 Å². The molecular formula is C14H24N4. The fraction of sp³-hybridized carbons (Fsp3) is 0.571.